The number of hydrogen-bond acceptors (Lipinski definition) is 8. The number of nitrogens with one attached hydrogen (secondary N) is 3. The van der Waals surface area contributed by atoms with Crippen LogP contribution in [0, 0.1) is 16.7 Å². The zero-order chi connectivity index (χ0) is 37.3. The molecule has 4 N–H and O–H groups in total. The van der Waals surface area contributed by atoms with Crippen LogP contribution in [0.2, 0.25) is 0 Å². The first-order chi connectivity index (χ1) is 23.3. The molecule has 0 fully saturated rings. The Labute approximate surface area is 297 Å². The zero-order valence-electron chi connectivity index (χ0n) is 30.4. The van der Waals surface area contributed by atoms with Gasteiger partial charge >= 0.3 is 0 Å². The van der Waals surface area contributed by atoms with Crippen molar-refractivity contribution in [3.8, 4) is 0 Å². The summed E-state index contributed by atoms with van der Waals surface area (Å²) in [6.45, 7) is 13.7. The Bertz CT molecular complexity index is 1570. The van der Waals surface area contributed by atoms with Crippen molar-refractivity contribution in [1.82, 2.24) is 20.3 Å². The minimum Gasteiger partial charge on any atom is -0.457 e. The Morgan fingerprint density at radius 2 is 1.46 bits per heavy atom. The number of hydrogen-bond donors (Lipinski definition) is 4. The molecule has 2 aromatic carbocycles. The van der Waals surface area contributed by atoms with Crippen LogP contribution < -0.4 is 16.0 Å². The maximum absolute atomic E-state index is 13.9. The van der Waals surface area contributed by atoms with Gasteiger partial charge in [-0.05, 0) is 28.9 Å². The fourth-order valence-corrected chi connectivity index (χ4v) is 6.71. The van der Waals surface area contributed by atoms with Crippen molar-refractivity contribution in [2.24, 2.45) is 16.7 Å². The molecular formula is C37H54N4O8S. The van der Waals surface area contributed by atoms with E-state index in [-0.39, 0.29) is 43.0 Å². The Morgan fingerprint density at radius 3 is 2.00 bits per heavy atom. The molecule has 2 aromatic rings. The quantitative estimate of drug-likeness (QED) is 0.206. The van der Waals surface area contributed by atoms with Crippen LogP contribution in [0.25, 0.3) is 0 Å². The lowest BCUT2D eigenvalue weighted by Gasteiger charge is -2.34. The molecule has 276 valence electrons. The molecule has 0 spiro atoms. The summed E-state index contributed by atoms with van der Waals surface area (Å²) in [5, 5.41) is 19.6. The second-order valence-electron chi connectivity index (χ2n) is 15.2. The second kappa shape index (κ2) is 17.3. The van der Waals surface area contributed by atoms with Crippen LogP contribution in [0.1, 0.15) is 66.5 Å². The van der Waals surface area contributed by atoms with Crippen molar-refractivity contribution in [2.45, 2.75) is 92.7 Å². The van der Waals surface area contributed by atoms with Gasteiger partial charge in [0.1, 0.15) is 12.3 Å². The Kier molecular flexibility index (Phi) is 14.0. The second-order valence-corrected chi connectivity index (χ2v) is 17.1. The molecule has 0 bridgehead atoms. The molecular weight excluding hydrogens is 660 g/mol. The molecule has 13 heteroatoms. The SMILES string of the molecule is CC(C)CN(CC(O)C(Cc1ccccc1)NC(=O)C(NC(=O)CNC(=O)C(C)(C)C)C(C)(C)C)S(=O)(=O)C1=COC(Cc2ccccc2)O1. The Hall–Kier alpha value is -3.94. The molecule has 0 saturated carbocycles. The standard InChI is InChI=1S/C37H54N4O8S/c1-25(2)22-41(50(46,47)32-24-48-31(49-32)20-27-17-13-10-14-18-27)23-29(42)28(19-26-15-11-9-12-16-26)39-34(44)33(36(3,4)5)40-30(43)21-38-35(45)37(6,7)8/h9-18,24-25,28-29,31,33,42H,19-23H2,1-8H3,(H,38,45)(H,39,44)(H,40,43). The van der Waals surface area contributed by atoms with Crippen LogP contribution in [0.15, 0.2) is 72.0 Å². The number of ether oxygens (including phenoxy) is 2. The van der Waals surface area contributed by atoms with Crippen molar-refractivity contribution in [2.75, 3.05) is 19.6 Å². The van der Waals surface area contributed by atoms with Crippen molar-refractivity contribution in [3.63, 3.8) is 0 Å². The van der Waals surface area contributed by atoms with Gasteiger partial charge in [-0.2, -0.15) is 4.31 Å². The fourth-order valence-electron chi connectivity index (χ4n) is 5.21. The van der Waals surface area contributed by atoms with E-state index in [0.29, 0.717) is 6.42 Å². The topological polar surface area (TPSA) is 163 Å². The third-order valence-corrected chi connectivity index (χ3v) is 9.66. The fraction of sp³-hybridized carbons (Fsp3) is 0.541. The highest BCUT2D eigenvalue weighted by molar-refractivity contribution is 7.92. The summed E-state index contributed by atoms with van der Waals surface area (Å²) in [7, 11) is -4.25. The van der Waals surface area contributed by atoms with Gasteiger partial charge in [0.25, 0.3) is 15.1 Å². The number of carbonyl (C=O) groups excluding carboxylic acids is 3. The minimum absolute atomic E-state index is 0.0659. The monoisotopic (exact) mass is 714 g/mol. The molecule has 0 aromatic heterocycles. The normalized spacial score (nSPS) is 16.9. The first-order valence-corrected chi connectivity index (χ1v) is 18.4. The summed E-state index contributed by atoms with van der Waals surface area (Å²) in [5.41, 5.74) is 0.259. The number of carbonyl (C=O) groups is 3. The van der Waals surface area contributed by atoms with E-state index in [1.165, 1.54) is 0 Å². The number of aliphatic hydroxyl groups is 1. The average molecular weight is 715 g/mol. The van der Waals surface area contributed by atoms with Gasteiger partial charge in [0.15, 0.2) is 0 Å². The minimum atomic E-state index is -4.25. The predicted molar refractivity (Wildman–Crippen MR) is 191 cm³/mol. The Morgan fingerprint density at radius 1 is 0.880 bits per heavy atom. The van der Waals surface area contributed by atoms with Crippen LogP contribution in [-0.2, 0) is 46.7 Å². The largest absolute Gasteiger partial charge is 0.457 e. The predicted octanol–water partition coefficient (Wildman–Crippen LogP) is 3.47. The molecule has 1 heterocycles. The van der Waals surface area contributed by atoms with Crippen LogP contribution >= 0.6 is 0 Å². The molecule has 4 unspecified atom stereocenters. The number of sulfonamides is 1. The maximum Gasteiger partial charge on any atom is 0.279 e. The lowest BCUT2D eigenvalue weighted by Crippen LogP contribution is -2.59. The molecule has 0 radical (unpaired) electrons. The van der Waals surface area contributed by atoms with E-state index in [4.69, 9.17) is 9.47 Å². The first kappa shape index (κ1) is 40.5. The van der Waals surface area contributed by atoms with Gasteiger partial charge in [-0.15, -0.1) is 0 Å². The molecule has 50 heavy (non-hydrogen) atoms. The van der Waals surface area contributed by atoms with E-state index in [1.807, 2.05) is 74.5 Å². The molecule has 3 amide bonds. The number of nitrogens with zero attached hydrogens (tertiary/aromatic N) is 1. The molecule has 1 aliphatic rings. The molecule has 4 atom stereocenters. The number of aliphatic hydroxyl groups excluding tert-OH is 1. The number of rotatable bonds is 16. The van der Waals surface area contributed by atoms with Gasteiger partial charge in [0, 0.05) is 24.9 Å². The van der Waals surface area contributed by atoms with Crippen molar-refractivity contribution in [1.29, 1.82) is 0 Å². The van der Waals surface area contributed by atoms with Gasteiger partial charge in [0.2, 0.25) is 24.0 Å². The van der Waals surface area contributed by atoms with E-state index >= 15 is 0 Å². The van der Waals surface area contributed by atoms with Gasteiger partial charge in [-0.1, -0.05) is 116 Å². The first-order valence-electron chi connectivity index (χ1n) is 16.9. The van der Waals surface area contributed by atoms with Gasteiger partial charge in [-0.25, -0.2) is 8.42 Å². The summed E-state index contributed by atoms with van der Waals surface area (Å²) in [6, 6.07) is 16.6. The van der Waals surface area contributed by atoms with E-state index in [0.717, 1.165) is 21.7 Å². The van der Waals surface area contributed by atoms with Crippen LogP contribution in [0.4, 0.5) is 0 Å². The molecule has 3 rings (SSSR count). The average Bonchev–Trinajstić information content (AvgIpc) is 3.50. The number of benzene rings is 2. The summed E-state index contributed by atoms with van der Waals surface area (Å²) >= 11 is 0. The molecule has 12 nitrogen and oxygen atoms in total. The smallest absolute Gasteiger partial charge is 0.279 e. The third-order valence-electron chi connectivity index (χ3n) is 7.98. The highest BCUT2D eigenvalue weighted by Crippen LogP contribution is 2.27. The summed E-state index contributed by atoms with van der Waals surface area (Å²) in [6.07, 6.45) is -0.589. The van der Waals surface area contributed by atoms with Crippen LogP contribution in [0.3, 0.4) is 0 Å². The lowest BCUT2D eigenvalue weighted by atomic mass is 9.85. The van der Waals surface area contributed by atoms with Gasteiger partial charge in [0.05, 0.1) is 18.7 Å². The van der Waals surface area contributed by atoms with Crippen LogP contribution in [0.5, 0.6) is 0 Å². The van der Waals surface area contributed by atoms with Crippen molar-refractivity contribution >= 4 is 27.7 Å². The summed E-state index contributed by atoms with van der Waals surface area (Å²) in [4.78, 5) is 39.1. The number of amides is 3. The van der Waals surface area contributed by atoms with Gasteiger partial charge in [-0.3, -0.25) is 14.4 Å². The third kappa shape index (κ3) is 12.1. The summed E-state index contributed by atoms with van der Waals surface area (Å²) < 4.78 is 40.3. The zero-order valence-corrected chi connectivity index (χ0v) is 31.3. The van der Waals surface area contributed by atoms with Gasteiger partial charge < -0.3 is 30.5 Å². The van der Waals surface area contributed by atoms with Crippen LogP contribution in [-0.4, -0.2) is 79.7 Å². The Balaban J connectivity index is 1.81. The lowest BCUT2D eigenvalue weighted by molar-refractivity contribution is -0.134. The van der Waals surface area contributed by atoms with Crippen molar-refractivity contribution in [3.05, 3.63) is 83.1 Å². The van der Waals surface area contributed by atoms with E-state index < -0.39 is 57.1 Å². The highest BCUT2D eigenvalue weighted by atomic mass is 32.2. The molecule has 0 aliphatic carbocycles. The van der Waals surface area contributed by atoms with E-state index in [2.05, 4.69) is 16.0 Å². The van der Waals surface area contributed by atoms with E-state index in [1.54, 1.807) is 41.5 Å². The molecule has 0 saturated heterocycles. The summed E-state index contributed by atoms with van der Waals surface area (Å²) in [5.74, 6) is -1.54. The highest BCUT2D eigenvalue weighted by Gasteiger charge is 2.39. The molecule has 1 aliphatic heterocycles. The van der Waals surface area contributed by atoms with E-state index in [9.17, 15) is 27.9 Å². The van der Waals surface area contributed by atoms with Crippen molar-refractivity contribution < 1.29 is 37.4 Å². The maximum atomic E-state index is 13.9.